The molecule has 3 atom stereocenters. The Balaban J connectivity index is 2.17. The Hall–Kier alpha value is -0.0400. The second-order valence-corrected chi connectivity index (χ2v) is 6.01. The molecule has 0 spiro atoms. The number of fused-ring (bicyclic) bond motifs is 1. The highest BCUT2D eigenvalue weighted by Gasteiger charge is 2.58. The van der Waals surface area contributed by atoms with E-state index in [9.17, 15) is 0 Å². The van der Waals surface area contributed by atoms with E-state index in [2.05, 4.69) is 33.0 Å². The Morgan fingerprint density at radius 2 is 1.57 bits per heavy atom. The Kier molecular flexibility index (Phi) is 2.23. The Labute approximate surface area is 88.7 Å². The number of rotatable bonds is 2. The molecule has 0 aromatic heterocycles. The van der Waals surface area contributed by atoms with Gasteiger partial charge in [-0.15, -0.1) is 0 Å². The van der Waals surface area contributed by atoms with E-state index < -0.39 is 0 Å². The minimum Gasteiger partial charge on any atom is -0.306 e. The zero-order chi connectivity index (χ0) is 10.4. The quantitative estimate of drug-likeness (QED) is 0.711. The van der Waals surface area contributed by atoms with Gasteiger partial charge in [-0.05, 0) is 57.8 Å². The first kappa shape index (κ1) is 10.5. The first-order chi connectivity index (χ1) is 6.49. The minimum absolute atomic E-state index is 0.411. The number of nitrogens with one attached hydrogen (secondary N) is 1. The third-order valence-corrected chi connectivity index (χ3v) is 5.46. The fourth-order valence-corrected chi connectivity index (χ4v) is 3.70. The highest BCUT2D eigenvalue weighted by molar-refractivity contribution is 5.16. The van der Waals surface area contributed by atoms with Crippen LogP contribution in [0, 0.1) is 5.41 Å². The molecule has 0 amide bonds. The van der Waals surface area contributed by atoms with Crippen molar-refractivity contribution in [3.8, 4) is 0 Å². The summed E-state index contributed by atoms with van der Waals surface area (Å²) < 4.78 is 0. The molecule has 0 aromatic carbocycles. The summed E-state index contributed by atoms with van der Waals surface area (Å²) in [6, 6.07) is 0. The number of piperidine rings is 1. The van der Waals surface area contributed by atoms with Crippen LogP contribution in [0.4, 0.5) is 0 Å². The van der Waals surface area contributed by atoms with Crippen molar-refractivity contribution in [2.24, 2.45) is 5.41 Å². The van der Waals surface area contributed by atoms with Gasteiger partial charge in [0.15, 0.2) is 0 Å². The molecule has 2 aliphatic rings. The van der Waals surface area contributed by atoms with Crippen LogP contribution < -0.4 is 5.32 Å². The summed E-state index contributed by atoms with van der Waals surface area (Å²) in [5.74, 6) is 0. The lowest BCUT2D eigenvalue weighted by Crippen LogP contribution is -2.72. The Morgan fingerprint density at radius 1 is 0.929 bits per heavy atom. The Morgan fingerprint density at radius 3 is 1.93 bits per heavy atom. The van der Waals surface area contributed by atoms with E-state index in [1.54, 1.807) is 0 Å². The molecule has 0 bridgehead atoms. The van der Waals surface area contributed by atoms with Crippen LogP contribution in [0.15, 0.2) is 0 Å². The zero-order valence-corrected chi connectivity index (χ0v) is 10.2. The summed E-state index contributed by atoms with van der Waals surface area (Å²) in [7, 11) is 0. The molecular formula is C13H25N. The van der Waals surface area contributed by atoms with E-state index in [4.69, 9.17) is 0 Å². The maximum absolute atomic E-state index is 3.95. The van der Waals surface area contributed by atoms with E-state index in [0.29, 0.717) is 16.5 Å². The molecule has 1 heteroatoms. The van der Waals surface area contributed by atoms with Gasteiger partial charge in [0.05, 0.1) is 0 Å². The molecule has 2 fully saturated rings. The number of hydrogen-bond donors (Lipinski definition) is 1. The highest BCUT2D eigenvalue weighted by atomic mass is 15.1. The van der Waals surface area contributed by atoms with Gasteiger partial charge in [-0.2, -0.15) is 0 Å². The van der Waals surface area contributed by atoms with E-state index in [1.165, 1.54) is 38.5 Å². The largest absolute Gasteiger partial charge is 0.306 e. The third-order valence-electron chi connectivity index (χ3n) is 5.46. The third kappa shape index (κ3) is 1.18. The van der Waals surface area contributed by atoms with Crippen LogP contribution in [0.25, 0.3) is 0 Å². The summed E-state index contributed by atoms with van der Waals surface area (Å²) in [4.78, 5) is 0. The van der Waals surface area contributed by atoms with E-state index >= 15 is 0 Å². The minimum atomic E-state index is 0.411. The molecule has 1 saturated heterocycles. The van der Waals surface area contributed by atoms with Crippen LogP contribution >= 0.6 is 0 Å². The predicted octanol–water partition coefficient (Wildman–Crippen LogP) is 3.49. The molecule has 1 N–H and O–H groups in total. The fraction of sp³-hybridized carbons (Fsp3) is 1.00. The molecule has 0 radical (unpaired) electrons. The summed E-state index contributed by atoms with van der Waals surface area (Å²) in [5, 5.41) is 3.95. The molecule has 82 valence electrons. The van der Waals surface area contributed by atoms with Gasteiger partial charge in [0.1, 0.15) is 0 Å². The van der Waals surface area contributed by atoms with Crippen LogP contribution in [0.1, 0.15) is 66.2 Å². The van der Waals surface area contributed by atoms with E-state index in [0.717, 1.165) is 0 Å². The lowest BCUT2D eigenvalue weighted by Gasteiger charge is -2.65. The molecule has 1 aliphatic carbocycles. The standard InChI is InChI=1S/C13H25N/c1-5-11(3)7-9-13(6-2)10-8-12(13,4)14-11/h14H,5-10H2,1-4H3. The van der Waals surface area contributed by atoms with Crippen molar-refractivity contribution in [1.82, 2.24) is 5.32 Å². The van der Waals surface area contributed by atoms with Gasteiger partial charge < -0.3 is 5.32 Å². The first-order valence-corrected chi connectivity index (χ1v) is 6.29. The second-order valence-electron chi connectivity index (χ2n) is 6.01. The van der Waals surface area contributed by atoms with Crippen molar-refractivity contribution in [1.29, 1.82) is 0 Å². The maximum atomic E-state index is 3.95. The van der Waals surface area contributed by atoms with E-state index in [1.807, 2.05) is 0 Å². The molecule has 1 heterocycles. The smallest absolute Gasteiger partial charge is 0.0214 e. The molecule has 3 unspecified atom stereocenters. The zero-order valence-electron chi connectivity index (χ0n) is 10.2. The summed E-state index contributed by atoms with van der Waals surface area (Å²) in [5.41, 5.74) is 1.50. The van der Waals surface area contributed by atoms with Crippen molar-refractivity contribution in [2.75, 3.05) is 0 Å². The van der Waals surface area contributed by atoms with Gasteiger partial charge in [-0.1, -0.05) is 13.8 Å². The van der Waals surface area contributed by atoms with Crippen LogP contribution in [-0.4, -0.2) is 11.1 Å². The molecule has 14 heavy (non-hydrogen) atoms. The summed E-state index contributed by atoms with van der Waals surface area (Å²) in [6.45, 7) is 9.53. The van der Waals surface area contributed by atoms with Gasteiger partial charge in [-0.25, -0.2) is 0 Å². The monoisotopic (exact) mass is 195 g/mol. The normalized spacial score (nSPS) is 52.3. The SMILES string of the molecule is CCC1(C)CCC2(CC)CCC2(C)N1. The molecule has 0 aromatic rings. The predicted molar refractivity (Wildman–Crippen MR) is 61.4 cm³/mol. The lowest BCUT2D eigenvalue weighted by molar-refractivity contribution is -0.0894. The highest BCUT2D eigenvalue weighted by Crippen LogP contribution is 2.59. The molecule has 2 rings (SSSR count). The van der Waals surface area contributed by atoms with Gasteiger partial charge in [0.2, 0.25) is 0 Å². The summed E-state index contributed by atoms with van der Waals surface area (Å²) >= 11 is 0. The summed E-state index contributed by atoms with van der Waals surface area (Å²) in [6.07, 6.45) is 8.27. The molecule has 1 saturated carbocycles. The Bertz CT molecular complexity index is 233. The lowest BCUT2D eigenvalue weighted by atomic mass is 9.49. The topological polar surface area (TPSA) is 12.0 Å². The van der Waals surface area contributed by atoms with Crippen LogP contribution in [0.3, 0.4) is 0 Å². The molecule has 1 aliphatic heterocycles. The molecule has 1 nitrogen and oxygen atoms in total. The van der Waals surface area contributed by atoms with Crippen molar-refractivity contribution in [3.63, 3.8) is 0 Å². The van der Waals surface area contributed by atoms with Gasteiger partial charge >= 0.3 is 0 Å². The van der Waals surface area contributed by atoms with Crippen molar-refractivity contribution in [3.05, 3.63) is 0 Å². The van der Waals surface area contributed by atoms with E-state index in [-0.39, 0.29) is 0 Å². The van der Waals surface area contributed by atoms with Crippen LogP contribution in [0.5, 0.6) is 0 Å². The van der Waals surface area contributed by atoms with Gasteiger partial charge in [-0.3, -0.25) is 0 Å². The fourth-order valence-electron chi connectivity index (χ4n) is 3.70. The second kappa shape index (κ2) is 2.98. The maximum Gasteiger partial charge on any atom is 0.0214 e. The average molecular weight is 195 g/mol. The van der Waals surface area contributed by atoms with Crippen molar-refractivity contribution in [2.45, 2.75) is 77.3 Å². The molecular weight excluding hydrogens is 170 g/mol. The van der Waals surface area contributed by atoms with Gasteiger partial charge in [0, 0.05) is 11.1 Å². The van der Waals surface area contributed by atoms with Crippen LogP contribution in [0.2, 0.25) is 0 Å². The van der Waals surface area contributed by atoms with Crippen molar-refractivity contribution >= 4 is 0 Å². The van der Waals surface area contributed by atoms with Crippen LogP contribution in [-0.2, 0) is 0 Å². The van der Waals surface area contributed by atoms with Crippen molar-refractivity contribution < 1.29 is 0 Å². The first-order valence-electron chi connectivity index (χ1n) is 6.29. The van der Waals surface area contributed by atoms with Gasteiger partial charge in [0.25, 0.3) is 0 Å². The number of hydrogen-bond acceptors (Lipinski definition) is 1. The average Bonchev–Trinajstić information content (AvgIpc) is 2.16.